The Hall–Kier alpha value is -1.92. The van der Waals surface area contributed by atoms with E-state index in [4.69, 9.17) is 0 Å². The van der Waals surface area contributed by atoms with Gasteiger partial charge in [0.25, 0.3) is 0 Å². The van der Waals surface area contributed by atoms with Gasteiger partial charge in [-0.3, -0.25) is 4.79 Å². The van der Waals surface area contributed by atoms with Crippen LogP contribution in [0.15, 0.2) is 34.2 Å². The summed E-state index contributed by atoms with van der Waals surface area (Å²) in [5.74, 6) is 0.721. The maximum Gasteiger partial charge on any atom is 0.221 e. The number of nitrogens with one attached hydrogen (secondary N) is 1. The van der Waals surface area contributed by atoms with E-state index in [0.29, 0.717) is 0 Å². The second kappa shape index (κ2) is 6.29. The van der Waals surface area contributed by atoms with Crippen LogP contribution in [0.25, 0.3) is 10.2 Å². The van der Waals surface area contributed by atoms with Gasteiger partial charge in [0.1, 0.15) is 15.7 Å². The summed E-state index contributed by atoms with van der Waals surface area (Å²) >= 11 is 3.34. The van der Waals surface area contributed by atoms with Crippen LogP contribution in [0.4, 0.5) is 5.69 Å². The number of carbonyl (C=O) groups is 1. The Morgan fingerprint density at radius 3 is 2.48 bits per heavy atom. The van der Waals surface area contributed by atoms with Crippen LogP contribution in [0.1, 0.15) is 23.2 Å². The van der Waals surface area contributed by atoms with Gasteiger partial charge in [0.2, 0.25) is 5.91 Å². The van der Waals surface area contributed by atoms with Crippen molar-refractivity contribution in [2.75, 3.05) is 5.32 Å². The number of aryl methyl sites for hydroxylation is 3. The molecule has 1 amide bonds. The molecule has 1 aromatic carbocycles. The monoisotopic (exact) mass is 343 g/mol. The highest BCUT2D eigenvalue weighted by Crippen LogP contribution is 2.38. The van der Waals surface area contributed by atoms with Crippen LogP contribution >= 0.6 is 23.1 Å². The van der Waals surface area contributed by atoms with Crippen molar-refractivity contribution in [2.24, 2.45) is 0 Å². The van der Waals surface area contributed by atoms with Crippen LogP contribution in [-0.2, 0) is 4.79 Å². The third-order valence-corrected chi connectivity index (χ3v) is 5.59. The minimum absolute atomic E-state index is 0.0668. The number of aromatic nitrogens is 2. The Bertz CT molecular complexity index is 885. The van der Waals surface area contributed by atoms with Crippen LogP contribution in [0.5, 0.6) is 0 Å². The molecule has 0 aliphatic heterocycles. The molecule has 118 valence electrons. The molecule has 2 heterocycles. The minimum Gasteiger partial charge on any atom is -0.326 e. The number of anilines is 1. The molecule has 0 aliphatic rings. The zero-order valence-electron chi connectivity index (χ0n) is 13.4. The Labute approximate surface area is 143 Å². The van der Waals surface area contributed by atoms with Gasteiger partial charge in [-0.1, -0.05) is 11.8 Å². The van der Waals surface area contributed by atoms with Crippen molar-refractivity contribution >= 4 is 44.9 Å². The summed E-state index contributed by atoms with van der Waals surface area (Å²) in [6, 6.07) is 7.79. The lowest BCUT2D eigenvalue weighted by Gasteiger charge is -2.06. The lowest BCUT2D eigenvalue weighted by Crippen LogP contribution is -2.05. The summed E-state index contributed by atoms with van der Waals surface area (Å²) in [6.45, 7) is 7.67. The molecule has 0 saturated heterocycles. The molecule has 3 rings (SSSR count). The van der Waals surface area contributed by atoms with Gasteiger partial charge in [0.05, 0.1) is 0 Å². The summed E-state index contributed by atoms with van der Waals surface area (Å²) in [4.78, 5) is 23.7. The Kier molecular flexibility index (Phi) is 4.37. The standard InChI is InChI=1S/C17H17N3OS2/c1-9-10(2)22-16-15(9)17(19-11(3)18-16)23-14-7-5-13(6-8-14)20-12(4)21/h5-8H,1-4H3,(H,20,21). The number of fused-ring (bicyclic) bond motifs is 1. The summed E-state index contributed by atoms with van der Waals surface area (Å²) in [6.07, 6.45) is 0. The van der Waals surface area contributed by atoms with Crippen LogP contribution in [0.2, 0.25) is 0 Å². The van der Waals surface area contributed by atoms with E-state index in [2.05, 4.69) is 29.1 Å². The fraction of sp³-hybridized carbons (Fsp3) is 0.235. The maximum absolute atomic E-state index is 11.1. The van der Waals surface area contributed by atoms with E-state index < -0.39 is 0 Å². The molecule has 0 aliphatic carbocycles. The largest absolute Gasteiger partial charge is 0.326 e. The summed E-state index contributed by atoms with van der Waals surface area (Å²) in [7, 11) is 0. The van der Waals surface area contributed by atoms with Crippen LogP contribution in [0, 0.1) is 20.8 Å². The number of hydrogen-bond acceptors (Lipinski definition) is 5. The highest BCUT2D eigenvalue weighted by Gasteiger charge is 2.14. The number of hydrogen-bond donors (Lipinski definition) is 1. The van der Waals surface area contributed by atoms with Crippen LogP contribution in [0.3, 0.4) is 0 Å². The Morgan fingerprint density at radius 1 is 1.13 bits per heavy atom. The van der Waals surface area contributed by atoms with Gasteiger partial charge >= 0.3 is 0 Å². The summed E-state index contributed by atoms with van der Waals surface area (Å²) in [5, 5.41) is 4.91. The lowest BCUT2D eigenvalue weighted by atomic mass is 10.2. The number of carbonyl (C=O) groups excluding carboxylic acids is 1. The van der Waals surface area contributed by atoms with Gasteiger partial charge in [-0.2, -0.15) is 0 Å². The number of thiophene rings is 1. The Balaban J connectivity index is 1.96. The first-order valence-electron chi connectivity index (χ1n) is 7.24. The molecule has 4 nitrogen and oxygen atoms in total. The topological polar surface area (TPSA) is 54.9 Å². The smallest absolute Gasteiger partial charge is 0.221 e. The zero-order chi connectivity index (χ0) is 16.6. The highest BCUT2D eigenvalue weighted by atomic mass is 32.2. The molecule has 0 atom stereocenters. The zero-order valence-corrected chi connectivity index (χ0v) is 15.1. The minimum atomic E-state index is -0.0668. The molecule has 0 spiro atoms. The number of amides is 1. The van der Waals surface area contributed by atoms with Crippen LogP contribution in [-0.4, -0.2) is 15.9 Å². The van der Waals surface area contributed by atoms with E-state index in [1.54, 1.807) is 23.1 Å². The number of rotatable bonds is 3. The fourth-order valence-electron chi connectivity index (χ4n) is 2.31. The van der Waals surface area contributed by atoms with E-state index in [1.807, 2.05) is 31.2 Å². The molecular weight excluding hydrogens is 326 g/mol. The number of nitrogens with zero attached hydrogens (tertiary/aromatic N) is 2. The second-order valence-corrected chi connectivity index (χ2v) is 7.61. The molecule has 0 unspecified atom stereocenters. The van der Waals surface area contributed by atoms with E-state index in [1.165, 1.54) is 17.4 Å². The predicted octanol–water partition coefficient (Wildman–Crippen LogP) is 4.73. The molecule has 3 aromatic rings. The van der Waals surface area contributed by atoms with Crippen LogP contribution < -0.4 is 5.32 Å². The van der Waals surface area contributed by atoms with Gasteiger partial charge in [0, 0.05) is 27.8 Å². The van der Waals surface area contributed by atoms with Gasteiger partial charge in [-0.05, 0) is 50.6 Å². The average Bonchev–Trinajstić information content (AvgIpc) is 2.75. The van der Waals surface area contributed by atoms with Gasteiger partial charge in [-0.25, -0.2) is 9.97 Å². The van der Waals surface area contributed by atoms with E-state index in [0.717, 1.165) is 31.6 Å². The lowest BCUT2D eigenvalue weighted by molar-refractivity contribution is -0.114. The van der Waals surface area contributed by atoms with Gasteiger partial charge in [0.15, 0.2) is 0 Å². The molecule has 1 N–H and O–H groups in total. The molecule has 0 fully saturated rings. The second-order valence-electron chi connectivity index (χ2n) is 5.35. The van der Waals surface area contributed by atoms with Crippen molar-refractivity contribution in [1.82, 2.24) is 9.97 Å². The van der Waals surface area contributed by atoms with Crippen molar-refractivity contribution in [3.63, 3.8) is 0 Å². The average molecular weight is 343 g/mol. The first-order chi connectivity index (χ1) is 10.9. The molecule has 6 heteroatoms. The SMILES string of the molecule is CC(=O)Nc1ccc(Sc2nc(C)nc3sc(C)c(C)c23)cc1. The van der Waals surface area contributed by atoms with E-state index >= 15 is 0 Å². The Morgan fingerprint density at radius 2 is 1.83 bits per heavy atom. The van der Waals surface area contributed by atoms with Gasteiger partial charge < -0.3 is 5.32 Å². The summed E-state index contributed by atoms with van der Waals surface area (Å²) < 4.78 is 0. The molecule has 0 bridgehead atoms. The first kappa shape index (κ1) is 16.0. The molecule has 0 saturated carbocycles. The fourth-order valence-corrected chi connectivity index (χ4v) is 4.47. The first-order valence-corrected chi connectivity index (χ1v) is 8.87. The van der Waals surface area contributed by atoms with Crippen molar-refractivity contribution in [1.29, 1.82) is 0 Å². The molecule has 23 heavy (non-hydrogen) atoms. The normalized spacial score (nSPS) is 11.0. The molecule has 2 aromatic heterocycles. The quantitative estimate of drug-likeness (QED) is 0.699. The highest BCUT2D eigenvalue weighted by molar-refractivity contribution is 7.99. The summed E-state index contributed by atoms with van der Waals surface area (Å²) in [5.41, 5.74) is 2.05. The third kappa shape index (κ3) is 3.38. The maximum atomic E-state index is 11.1. The van der Waals surface area contributed by atoms with Crippen molar-refractivity contribution in [2.45, 2.75) is 37.6 Å². The van der Waals surface area contributed by atoms with Crippen molar-refractivity contribution in [3.05, 3.63) is 40.5 Å². The van der Waals surface area contributed by atoms with E-state index in [9.17, 15) is 4.79 Å². The van der Waals surface area contributed by atoms with Crippen molar-refractivity contribution < 1.29 is 4.79 Å². The van der Waals surface area contributed by atoms with Crippen molar-refractivity contribution in [3.8, 4) is 0 Å². The predicted molar refractivity (Wildman–Crippen MR) is 96.5 cm³/mol. The molecule has 0 radical (unpaired) electrons. The number of benzene rings is 1. The van der Waals surface area contributed by atoms with E-state index in [-0.39, 0.29) is 5.91 Å². The molecular formula is C17H17N3OS2. The van der Waals surface area contributed by atoms with Gasteiger partial charge in [-0.15, -0.1) is 11.3 Å². The third-order valence-electron chi connectivity index (χ3n) is 3.50.